The van der Waals surface area contributed by atoms with Crippen LogP contribution in [-0.4, -0.2) is 18.4 Å². The highest BCUT2D eigenvalue weighted by Crippen LogP contribution is 1.89. The fraction of sp³-hybridized carbons (Fsp3) is 0.250. The minimum Gasteiger partial charge on any atom is -0.371 e. The van der Waals surface area contributed by atoms with Crippen LogP contribution in [0.5, 0.6) is 0 Å². The quantitative estimate of drug-likeness (QED) is 0.437. The number of hydrazone groups is 1. The molecule has 7 heavy (non-hydrogen) atoms. The van der Waals surface area contributed by atoms with Crippen LogP contribution in [0, 0.1) is 0 Å². The standard InChI is InChI=1S/C4H6N2O/c1-6-5-3-2-4-7-6/h2-4H,1H3. The first-order valence-electron chi connectivity index (χ1n) is 1.99. The van der Waals surface area contributed by atoms with Gasteiger partial charge in [-0.05, 0) is 6.08 Å². The van der Waals surface area contributed by atoms with E-state index in [0.29, 0.717) is 0 Å². The molecule has 1 rings (SSSR count). The smallest absolute Gasteiger partial charge is 0.123 e. The third-order valence-electron chi connectivity index (χ3n) is 0.607. The zero-order valence-electron chi connectivity index (χ0n) is 4.03. The van der Waals surface area contributed by atoms with Gasteiger partial charge in [0.1, 0.15) is 6.26 Å². The van der Waals surface area contributed by atoms with Gasteiger partial charge in [0.05, 0.1) is 13.3 Å². The molecule has 0 saturated heterocycles. The van der Waals surface area contributed by atoms with Gasteiger partial charge in [-0.3, -0.25) is 0 Å². The largest absolute Gasteiger partial charge is 0.371 e. The summed E-state index contributed by atoms with van der Waals surface area (Å²) in [6.45, 7) is 0. The SMILES string of the molecule is CN1N=CC=CO1. The van der Waals surface area contributed by atoms with E-state index in [4.69, 9.17) is 4.84 Å². The maximum absolute atomic E-state index is 4.73. The second-order valence-electron chi connectivity index (χ2n) is 1.16. The monoisotopic (exact) mass is 98.0 g/mol. The van der Waals surface area contributed by atoms with Crippen molar-refractivity contribution in [1.29, 1.82) is 0 Å². The van der Waals surface area contributed by atoms with Crippen LogP contribution in [-0.2, 0) is 4.84 Å². The summed E-state index contributed by atoms with van der Waals surface area (Å²) in [5, 5.41) is 5.10. The molecule has 0 aromatic heterocycles. The van der Waals surface area contributed by atoms with Crippen LogP contribution in [0.4, 0.5) is 0 Å². The normalized spacial score (nSPS) is 17.0. The number of nitrogens with zero attached hydrogens (tertiary/aromatic N) is 2. The average Bonchev–Trinajstić information content (AvgIpc) is 1.69. The summed E-state index contributed by atoms with van der Waals surface area (Å²) < 4.78 is 0. The second-order valence-corrected chi connectivity index (χ2v) is 1.16. The molecule has 0 amide bonds. The maximum atomic E-state index is 4.73. The lowest BCUT2D eigenvalue weighted by Crippen LogP contribution is -2.09. The lowest BCUT2D eigenvalue weighted by molar-refractivity contribution is -0.0796. The number of rotatable bonds is 0. The Kier molecular flexibility index (Phi) is 0.978. The molecule has 0 atom stereocenters. The zero-order valence-corrected chi connectivity index (χ0v) is 4.03. The van der Waals surface area contributed by atoms with Gasteiger partial charge in [0.2, 0.25) is 0 Å². The summed E-state index contributed by atoms with van der Waals surface area (Å²) in [6.07, 6.45) is 4.94. The van der Waals surface area contributed by atoms with Crippen molar-refractivity contribution in [2.45, 2.75) is 0 Å². The fourth-order valence-corrected chi connectivity index (χ4v) is 0.318. The molecule has 0 unspecified atom stereocenters. The molecule has 1 aliphatic rings. The van der Waals surface area contributed by atoms with Crippen LogP contribution >= 0.6 is 0 Å². The highest BCUT2D eigenvalue weighted by atomic mass is 16.7. The Morgan fingerprint density at radius 1 is 1.71 bits per heavy atom. The summed E-state index contributed by atoms with van der Waals surface area (Å²) in [7, 11) is 1.72. The van der Waals surface area contributed by atoms with Crippen molar-refractivity contribution in [2.24, 2.45) is 5.10 Å². The van der Waals surface area contributed by atoms with E-state index in [1.807, 2.05) is 0 Å². The molecule has 3 nitrogen and oxygen atoms in total. The van der Waals surface area contributed by atoms with E-state index in [1.165, 1.54) is 5.17 Å². The van der Waals surface area contributed by atoms with Crippen molar-refractivity contribution < 1.29 is 4.84 Å². The first-order chi connectivity index (χ1) is 3.39. The number of allylic oxidation sites excluding steroid dienone is 1. The second kappa shape index (κ2) is 1.64. The summed E-state index contributed by atoms with van der Waals surface area (Å²) in [4.78, 5) is 4.73. The van der Waals surface area contributed by atoms with Crippen molar-refractivity contribution in [3.63, 3.8) is 0 Å². The molecule has 1 heterocycles. The molecule has 0 saturated carbocycles. The Balaban J connectivity index is 2.49. The van der Waals surface area contributed by atoms with Crippen molar-refractivity contribution in [3.8, 4) is 0 Å². The Labute approximate surface area is 41.8 Å². The number of hydrogen-bond acceptors (Lipinski definition) is 3. The van der Waals surface area contributed by atoms with Gasteiger partial charge in [0.15, 0.2) is 0 Å². The third-order valence-corrected chi connectivity index (χ3v) is 0.607. The Bertz CT molecular complexity index is 108. The van der Waals surface area contributed by atoms with E-state index in [0.717, 1.165) is 0 Å². The Morgan fingerprint density at radius 2 is 2.57 bits per heavy atom. The first kappa shape index (κ1) is 4.18. The molecule has 0 spiro atoms. The van der Waals surface area contributed by atoms with Gasteiger partial charge < -0.3 is 4.84 Å². The summed E-state index contributed by atoms with van der Waals surface area (Å²) in [5.41, 5.74) is 0. The highest BCUT2D eigenvalue weighted by molar-refractivity contribution is 5.70. The van der Waals surface area contributed by atoms with E-state index < -0.39 is 0 Å². The van der Waals surface area contributed by atoms with Gasteiger partial charge in [-0.25, -0.2) is 0 Å². The van der Waals surface area contributed by atoms with Crippen LogP contribution in [0.15, 0.2) is 17.4 Å². The van der Waals surface area contributed by atoms with Gasteiger partial charge in [-0.15, -0.1) is 5.17 Å². The predicted molar refractivity (Wildman–Crippen MR) is 26.5 cm³/mol. The molecule has 0 aromatic rings. The minimum absolute atomic E-state index is 1.38. The zero-order chi connectivity index (χ0) is 5.11. The van der Waals surface area contributed by atoms with Gasteiger partial charge in [-0.1, -0.05) is 0 Å². The molecule has 0 radical (unpaired) electrons. The first-order valence-corrected chi connectivity index (χ1v) is 1.99. The molecule has 3 heteroatoms. The van der Waals surface area contributed by atoms with Gasteiger partial charge in [0, 0.05) is 0 Å². The molecule has 1 aliphatic heterocycles. The van der Waals surface area contributed by atoms with Crippen LogP contribution in [0.3, 0.4) is 0 Å². The molecular weight excluding hydrogens is 92.1 g/mol. The molecule has 0 aromatic carbocycles. The summed E-state index contributed by atoms with van der Waals surface area (Å²) in [5.74, 6) is 0. The van der Waals surface area contributed by atoms with Gasteiger partial charge in [0.25, 0.3) is 0 Å². The van der Waals surface area contributed by atoms with Crippen LogP contribution in [0.25, 0.3) is 0 Å². The van der Waals surface area contributed by atoms with Crippen LogP contribution in [0.1, 0.15) is 0 Å². The van der Waals surface area contributed by atoms with E-state index in [9.17, 15) is 0 Å². The molecule has 0 N–H and O–H groups in total. The highest BCUT2D eigenvalue weighted by Gasteiger charge is 1.87. The molecule has 0 bridgehead atoms. The lowest BCUT2D eigenvalue weighted by Gasteiger charge is -2.10. The van der Waals surface area contributed by atoms with E-state index in [2.05, 4.69) is 5.10 Å². The van der Waals surface area contributed by atoms with E-state index >= 15 is 0 Å². The van der Waals surface area contributed by atoms with Crippen molar-refractivity contribution in [1.82, 2.24) is 5.17 Å². The summed E-state index contributed by atoms with van der Waals surface area (Å²) in [6, 6.07) is 0. The summed E-state index contributed by atoms with van der Waals surface area (Å²) >= 11 is 0. The van der Waals surface area contributed by atoms with Crippen molar-refractivity contribution in [3.05, 3.63) is 12.3 Å². The lowest BCUT2D eigenvalue weighted by atomic mass is 10.7. The molecule has 38 valence electrons. The van der Waals surface area contributed by atoms with Gasteiger partial charge >= 0.3 is 0 Å². The van der Waals surface area contributed by atoms with Crippen LogP contribution in [0.2, 0.25) is 0 Å². The number of hydrogen-bond donors (Lipinski definition) is 0. The predicted octanol–water partition coefficient (Wildman–Crippen LogP) is 0.363. The van der Waals surface area contributed by atoms with Crippen molar-refractivity contribution >= 4 is 6.21 Å². The molecular formula is C4H6N2O. The molecule has 0 fully saturated rings. The molecule has 0 aliphatic carbocycles. The topological polar surface area (TPSA) is 24.8 Å². The maximum Gasteiger partial charge on any atom is 0.123 e. The number of hydroxylamine groups is 1. The van der Waals surface area contributed by atoms with Crippen LogP contribution < -0.4 is 0 Å². The average molecular weight is 98.1 g/mol. The van der Waals surface area contributed by atoms with E-state index in [1.54, 1.807) is 25.6 Å². The van der Waals surface area contributed by atoms with E-state index in [-0.39, 0.29) is 0 Å². The third kappa shape index (κ3) is 0.924. The fourth-order valence-electron chi connectivity index (χ4n) is 0.318. The van der Waals surface area contributed by atoms with Gasteiger partial charge in [-0.2, -0.15) is 5.10 Å². The van der Waals surface area contributed by atoms with Crippen molar-refractivity contribution in [2.75, 3.05) is 7.05 Å². The Morgan fingerprint density at radius 3 is 2.86 bits per heavy atom. The minimum atomic E-state index is 1.38. The Hall–Kier alpha value is -0.990.